The first-order valence-corrected chi connectivity index (χ1v) is 8.40. The summed E-state index contributed by atoms with van der Waals surface area (Å²) in [6.45, 7) is 4.83. The van der Waals surface area contributed by atoms with E-state index in [1.807, 2.05) is 6.92 Å². The topological polar surface area (TPSA) is 42.0 Å². The Morgan fingerprint density at radius 3 is 3.00 bits per heavy atom. The quantitative estimate of drug-likeness (QED) is 0.475. The van der Waals surface area contributed by atoms with Gasteiger partial charge in [0.05, 0.1) is 6.20 Å². The highest BCUT2D eigenvalue weighted by atomic mass is 32.2. The summed E-state index contributed by atoms with van der Waals surface area (Å²) in [5, 5.41) is 2.92. The van der Waals surface area contributed by atoms with Gasteiger partial charge >= 0.3 is 0 Å². The van der Waals surface area contributed by atoms with Crippen molar-refractivity contribution in [2.75, 3.05) is 12.3 Å². The number of amides is 1. The molecule has 0 radical (unpaired) electrons. The van der Waals surface area contributed by atoms with Crippen molar-refractivity contribution in [1.82, 2.24) is 10.3 Å². The maximum absolute atomic E-state index is 11.8. The number of nitrogens with zero attached hydrogens (tertiary/aromatic N) is 1. The average Bonchev–Trinajstić information content (AvgIpc) is 2.87. The molecule has 104 valence electrons. The number of unbranched alkanes of at least 4 members (excludes halogenated alkanes) is 2. The van der Waals surface area contributed by atoms with Crippen molar-refractivity contribution in [1.29, 1.82) is 0 Å². The van der Waals surface area contributed by atoms with E-state index in [1.165, 1.54) is 11.3 Å². The van der Waals surface area contributed by atoms with Crippen molar-refractivity contribution in [3.63, 3.8) is 0 Å². The number of hydrogen-bond acceptors (Lipinski definition) is 4. The number of thiazole rings is 1. The molecule has 1 N–H and O–H groups in total. The standard InChI is InChI=1S/C14H20N2OS2/c1-3-5-6-7-8-9-10-15-13(17)12-11-16-14(19-12)18-4-2/h11H,3-4,7-10H2,1-2H3,(H,15,17). The molecule has 1 aromatic rings. The predicted molar refractivity (Wildman–Crippen MR) is 82.8 cm³/mol. The van der Waals surface area contributed by atoms with E-state index in [2.05, 4.69) is 29.1 Å². The Hall–Kier alpha value is -0.990. The molecule has 0 aliphatic rings. The Balaban J connectivity index is 2.19. The van der Waals surface area contributed by atoms with Crippen LogP contribution in [0.1, 0.15) is 49.2 Å². The van der Waals surface area contributed by atoms with Crippen LogP contribution in [-0.4, -0.2) is 23.2 Å². The van der Waals surface area contributed by atoms with Crippen LogP contribution in [0.25, 0.3) is 0 Å². The third-order valence-corrected chi connectivity index (χ3v) is 4.33. The van der Waals surface area contributed by atoms with Gasteiger partial charge in [-0.05, 0) is 18.6 Å². The summed E-state index contributed by atoms with van der Waals surface area (Å²) in [6, 6.07) is 0. The molecule has 1 heterocycles. The van der Waals surface area contributed by atoms with Gasteiger partial charge in [0.2, 0.25) is 0 Å². The van der Waals surface area contributed by atoms with Gasteiger partial charge < -0.3 is 5.32 Å². The summed E-state index contributed by atoms with van der Waals surface area (Å²) in [5.41, 5.74) is 0. The Morgan fingerprint density at radius 2 is 2.26 bits per heavy atom. The van der Waals surface area contributed by atoms with Gasteiger partial charge in [0.1, 0.15) is 4.88 Å². The van der Waals surface area contributed by atoms with Crippen molar-refractivity contribution >= 4 is 29.0 Å². The van der Waals surface area contributed by atoms with Gasteiger partial charge in [-0.15, -0.1) is 23.2 Å². The molecule has 0 aromatic carbocycles. The van der Waals surface area contributed by atoms with Gasteiger partial charge in [-0.2, -0.15) is 0 Å². The van der Waals surface area contributed by atoms with Crippen LogP contribution in [-0.2, 0) is 0 Å². The smallest absolute Gasteiger partial charge is 0.263 e. The second-order valence-electron chi connectivity index (χ2n) is 3.84. The molecule has 0 unspecified atom stereocenters. The molecule has 3 nitrogen and oxygen atoms in total. The molecule has 19 heavy (non-hydrogen) atoms. The number of nitrogens with one attached hydrogen (secondary N) is 1. The average molecular weight is 296 g/mol. The molecule has 1 rings (SSSR count). The SMILES string of the molecule is CCC#CCCCCNC(=O)c1cnc(SCC)s1. The molecule has 1 amide bonds. The fraction of sp³-hybridized carbons (Fsp3) is 0.571. The van der Waals surface area contributed by atoms with E-state index in [0.717, 1.165) is 35.8 Å². The molecule has 0 aliphatic heterocycles. The number of aromatic nitrogens is 1. The highest BCUT2D eigenvalue weighted by Gasteiger charge is 2.09. The van der Waals surface area contributed by atoms with Gasteiger partial charge in [0.15, 0.2) is 4.34 Å². The van der Waals surface area contributed by atoms with Gasteiger partial charge in [0, 0.05) is 19.4 Å². The van der Waals surface area contributed by atoms with Gasteiger partial charge in [0.25, 0.3) is 5.91 Å². The lowest BCUT2D eigenvalue weighted by molar-refractivity contribution is 0.0957. The van der Waals surface area contributed by atoms with Crippen LogP contribution in [0.2, 0.25) is 0 Å². The van der Waals surface area contributed by atoms with Crippen molar-refractivity contribution in [3.8, 4) is 11.8 Å². The van der Waals surface area contributed by atoms with E-state index >= 15 is 0 Å². The van der Waals surface area contributed by atoms with Crippen LogP contribution in [0.15, 0.2) is 10.5 Å². The third kappa shape index (κ3) is 6.65. The molecule has 0 fully saturated rings. The maximum atomic E-state index is 11.8. The maximum Gasteiger partial charge on any atom is 0.263 e. The first kappa shape index (κ1) is 16.1. The molecular formula is C14H20N2OS2. The second kappa shape index (κ2) is 9.88. The fourth-order valence-corrected chi connectivity index (χ4v) is 3.19. The highest BCUT2D eigenvalue weighted by molar-refractivity contribution is 8.01. The summed E-state index contributed by atoms with van der Waals surface area (Å²) >= 11 is 3.12. The van der Waals surface area contributed by atoms with Crippen LogP contribution in [0.3, 0.4) is 0 Å². The van der Waals surface area contributed by atoms with E-state index in [4.69, 9.17) is 0 Å². The Bertz CT molecular complexity index is 446. The van der Waals surface area contributed by atoms with Gasteiger partial charge in [-0.3, -0.25) is 4.79 Å². The molecule has 1 aromatic heterocycles. The minimum Gasteiger partial charge on any atom is -0.351 e. The summed E-state index contributed by atoms with van der Waals surface area (Å²) in [6.07, 6.45) is 5.50. The molecule has 0 bridgehead atoms. The molecule has 0 spiro atoms. The first-order chi connectivity index (χ1) is 9.27. The van der Waals surface area contributed by atoms with Crippen LogP contribution in [0.4, 0.5) is 0 Å². The van der Waals surface area contributed by atoms with Crippen molar-refractivity contribution in [2.45, 2.75) is 43.9 Å². The predicted octanol–water partition coefficient (Wildman–Crippen LogP) is 3.57. The highest BCUT2D eigenvalue weighted by Crippen LogP contribution is 2.23. The fourth-order valence-electron chi connectivity index (χ4n) is 1.39. The lowest BCUT2D eigenvalue weighted by atomic mass is 10.2. The summed E-state index contributed by atoms with van der Waals surface area (Å²) in [5.74, 6) is 7.11. The van der Waals surface area contributed by atoms with E-state index in [9.17, 15) is 4.79 Å². The van der Waals surface area contributed by atoms with E-state index in [0.29, 0.717) is 11.4 Å². The zero-order chi connectivity index (χ0) is 13.9. The largest absolute Gasteiger partial charge is 0.351 e. The van der Waals surface area contributed by atoms with Crippen molar-refractivity contribution in [2.24, 2.45) is 0 Å². The van der Waals surface area contributed by atoms with Crippen LogP contribution < -0.4 is 5.32 Å². The number of carbonyl (C=O) groups is 1. The molecule has 5 heteroatoms. The zero-order valence-corrected chi connectivity index (χ0v) is 13.1. The van der Waals surface area contributed by atoms with Crippen LogP contribution in [0.5, 0.6) is 0 Å². The minimum atomic E-state index is -0.0138. The Kier molecular flexibility index (Phi) is 8.35. The molecular weight excluding hydrogens is 276 g/mol. The van der Waals surface area contributed by atoms with Crippen LogP contribution >= 0.6 is 23.1 Å². The summed E-state index contributed by atoms with van der Waals surface area (Å²) in [7, 11) is 0. The zero-order valence-electron chi connectivity index (χ0n) is 11.5. The normalized spacial score (nSPS) is 9.79. The van der Waals surface area contributed by atoms with E-state index in [1.54, 1.807) is 18.0 Å². The summed E-state index contributed by atoms with van der Waals surface area (Å²) in [4.78, 5) is 16.7. The van der Waals surface area contributed by atoms with Gasteiger partial charge in [-0.25, -0.2) is 4.98 Å². The summed E-state index contributed by atoms with van der Waals surface area (Å²) < 4.78 is 0.961. The molecule has 0 saturated heterocycles. The molecule has 0 aliphatic carbocycles. The monoisotopic (exact) mass is 296 g/mol. The third-order valence-electron chi connectivity index (χ3n) is 2.29. The van der Waals surface area contributed by atoms with E-state index < -0.39 is 0 Å². The molecule has 0 atom stereocenters. The first-order valence-electron chi connectivity index (χ1n) is 6.60. The Labute approximate surface area is 123 Å². The number of hydrogen-bond donors (Lipinski definition) is 1. The lowest BCUT2D eigenvalue weighted by Crippen LogP contribution is -2.23. The number of rotatable bonds is 7. The Morgan fingerprint density at radius 1 is 1.42 bits per heavy atom. The van der Waals surface area contributed by atoms with Crippen molar-refractivity contribution in [3.05, 3.63) is 11.1 Å². The van der Waals surface area contributed by atoms with Gasteiger partial charge in [-0.1, -0.05) is 25.6 Å². The lowest BCUT2D eigenvalue weighted by Gasteiger charge is -2.01. The number of carbonyl (C=O) groups excluding carboxylic acids is 1. The number of thioether (sulfide) groups is 1. The van der Waals surface area contributed by atoms with E-state index in [-0.39, 0.29) is 5.91 Å². The van der Waals surface area contributed by atoms with Crippen LogP contribution in [0, 0.1) is 11.8 Å². The minimum absolute atomic E-state index is 0.0138. The second-order valence-corrected chi connectivity index (χ2v) is 6.39. The molecule has 0 saturated carbocycles. The van der Waals surface area contributed by atoms with Crippen molar-refractivity contribution < 1.29 is 4.79 Å².